The fourth-order valence-corrected chi connectivity index (χ4v) is 2.78. The Hall–Kier alpha value is -3.02. The van der Waals surface area contributed by atoms with Crippen LogP contribution in [0.1, 0.15) is 23.2 Å². The highest BCUT2D eigenvalue weighted by molar-refractivity contribution is 5.90. The van der Waals surface area contributed by atoms with Gasteiger partial charge in [0.15, 0.2) is 0 Å². The van der Waals surface area contributed by atoms with E-state index in [9.17, 15) is 9.59 Å². The largest absolute Gasteiger partial charge is 0.497 e. The monoisotopic (exact) mass is 355 g/mol. The zero-order valence-electron chi connectivity index (χ0n) is 14.6. The Bertz CT molecular complexity index is 745. The maximum Gasteiger partial charge on any atom is 0.414 e. The molecule has 0 N–H and O–H groups in total. The summed E-state index contributed by atoms with van der Waals surface area (Å²) in [6.07, 6.45) is 0.703. The summed E-state index contributed by atoms with van der Waals surface area (Å²) in [6, 6.07) is 16.1. The molecule has 0 saturated carbocycles. The predicted molar refractivity (Wildman–Crippen MR) is 96.6 cm³/mol. The van der Waals surface area contributed by atoms with Crippen LogP contribution in [0.25, 0.3) is 0 Å². The summed E-state index contributed by atoms with van der Waals surface area (Å²) in [5.74, 6) is 0.395. The third-order valence-corrected chi connectivity index (χ3v) is 4.17. The van der Waals surface area contributed by atoms with Gasteiger partial charge in [-0.15, -0.1) is 0 Å². The first-order chi connectivity index (χ1) is 12.7. The zero-order valence-corrected chi connectivity index (χ0v) is 14.6. The van der Waals surface area contributed by atoms with Crippen LogP contribution in [-0.2, 0) is 9.47 Å². The number of cyclic esters (lactones) is 1. The number of anilines is 1. The molecule has 3 rings (SSSR count). The molecule has 26 heavy (non-hydrogen) atoms. The molecule has 6 nitrogen and oxygen atoms in total. The van der Waals surface area contributed by atoms with E-state index < -0.39 is 0 Å². The third kappa shape index (κ3) is 4.33. The lowest BCUT2D eigenvalue weighted by Gasteiger charge is -2.13. The second kappa shape index (κ2) is 8.38. The number of carbonyl (C=O) groups is 2. The summed E-state index contributed by atoms with van der Waals surface area (Å²) in [6.45, 7) is 0.780. The van der Waals surface area contributed by atoms with Gasteiger partial charge >= 0.3 is 12.1 Å². The number of esters is 1. The molecule has 0 bridgehead atoms. The normalized spacial score (nSPS) is 16.3. The second-order valence-corrected chi connectivity index (χ2v) is 5.96. The van der Waals surface area contributed by atoms with Gasteiger partial charge in [0.1, 0.15) is 11.9 Å². The van der Waals surface area contributed by atoms with Gasteiger partial charge in [0.25, 0.3) is 0 Å². The quantitative estimate of drug-likeness (QED) is 0.560. The summed E-state index contributed by atoms with van der Waals surface area (Å²) in [5, 5.41) is 0. The van der Waals surface area contributed by atoms with Crippen molar-refractivity contribution in [1.29, 1.82) is 0 Å². The first-order valence-electron chi connectivity index (χ1n) is 8.52. The Balaban J connectivity index is 1.43. The maximum absolute atomic E-state index is 12.1. The number of amides is 1. The van der Waals surface area contributed by atoms with Crippen LogP contribution >= 0.6 is 0 Å². The molecule has 1 aliphatic rings. The first kappa shape index (κ1) is 17.8. The standard InChI is InChI=1S/C20H21NO5/c1-24-17-11-9-16(10-12-17)21-14-18(26-20(21)23)8-5-13-25-19(22)15-6-3-2-4-7-15/h2-4,6-7,9-12,18H,5,8,13-14H2,1H3. The van der Waals surface area contributed by atoms with Gasteiger partial charge in [-0.05, 0) is 49.2 Å². The lowest BCUT2D eigenvalue weighted by atomic mass is 10.2. The average Bonchev–Trinajstić information content (AvgIpc) is 3.06. The lowest BCUT2D eigenvalue weighted by molar-refractivity contribution is 0.0480. The van der Waals surface area contributed by atoms with E-state index in [4.69, 9.17) is 14.2 Å². The van der Waals surface area contributed by atoms with Crippen molar-refractivity contribution < 1.29 is 23.8 Å². The van der Waals surface area contributed by atoms with E-state index in [1.165, 1.54) is 0 Å². The summed E-state index contributed by atoms with van der Waals surface area (Å²) >= 11 is 0. The van der Waals surface area contributed by atoms with Gasteiger partial charge in [-0.3, -0.25) is 4.90 Å². The molecule has 0 aliphatic carbocycles. The molecular formula is C20H21NO5. The van der Waals surface area contributed by atoms with Crippen LogP contribution in [0, 0.1) is 0 Å². The molecular weight excluding hydrogens is 334 g/mol. The van der Waals surface area contributed by atoms with Crippen molar-refractivity contribution in [2.24, 2.45) is 0 Å². The number of hydrogen-bond donors (Lipinski definition) is 0. The summed E-state index contributed by atoms with van der Waals surface area (Å²) < 4.78 is 15.8. The van der Waals surface area contributed by atoms with Crippen LogP contribution in [-0.4, -0.2) is 38.4 Å². The highest BCUT2D eigenvalue weighted by Gasteiger charge is 2.31. The van der Waals surface area contributed by atoms with Crippen LogP contribution in [0.4, 0.5) is 10.5 Å². The molecule has 1 saturated heterocycles. The van der Waals surface area contributed by atoms with Crippen LogP contribution in [0.2, 0.25) is 0 Å². The van der Waals surface area contributed by atoms with Crippen molar-refractivity contribution in [3.8, 4) is 5.75 Å². The van der Waals surface area contributed by atoms with Crippen molar-refractivity contribution in [1.82, 2.24) is 0 Å². The minimum Gasteiger partial charge on any atom is -0.497 e. The average molecular weight is 355 g/mol. The molecule has 136 valence electrons. The number of ether oxygens (including phenoxy) is 3. The molecule has 1 atom stereocenters. The second-order valence-electron chi connectivity index (χ2n) is 5.96. The van der Waals surface area contributed by atoms with E-state index in [0.29, 0.717) is 31.6 Å². The number of nitrogens with zero attached hydrogens (tertiary/aromatic N) is 1. The predicted octanol–water partition coefficient (Wildman–Crippen LogP) is 3.66. The molecule has 2 aromatic carbocycles. The van der Waals surface area contributed by atoms with Gasteiger partial charge in [-0.1, -0.05) is 18.2 Å². The van der Waals surface area contributed by atoms with E-state index in [0.717, 1.165) is 11.4 Å². The van der Waals surface area contributed by atoms with E-state index in [1.807, 2.05) is 18.2 Å². The molecule has 0 aromatic heterocycles. The van der Waals surface area contributed by atoms with Crippen LogP contribution < -0.4 is 9.64 Å². The number of benzene rings is 2. The zero-order chi connectivity index (χ0) is 18.4. The Morgan fingerprint density at radius 3 is 2.58 bits per heavy atom. The molecule has 6 heteroatoms. The van der Waals surface area contributed by atoms with Crippen LogP contribution in [0.5, 0.6) is 5.75 Å². The van der Waals surface area contributed by atoms with Crippen molar-refractivity contribution in [2.75, 3.05) is 25.2 Å². The Morgan fingerprint density at radius 1 is 1.15 bits per heavy atom. The van der Waals surface area contributed by atoms with Gasteiger partial charge in [0.05, 0.1) is 25.8 Å². The van der Waals surface area contributed by atoms with E-state index in [1.54, 1.807) is 48.4 Å². The third-order valence-electron chi connectivity index (χ3n) is 4.17. The fourth-order valence-electron chi connectivity index (χ4n) is 2.78. The Morgan fingerprint density at radius 2 is 1.88 bits per heavy atom. The number of carbonyl (C=O) groups excluding carboxylic acids is 2. The first-order valence-corrected chi connectivity index (χ1v) is 8.52. The SMILES string of the molecule is COc1ccc(N2CC(CCCOC(=O)c3ccccc3)OC2=O)cc1. The van der Waals surface area contributed by atoms with Gasteiger partial charge in [-0.25, -0.2) is 9.59 Å². The van der Waals surface area contributed by atoms with Gasteiger partial charge in [0, 0.05) is 5.69 Å². The number of hydrogen-bond acceptors (Lipinski definition) is 5. The number of methoxy groups -OCH3 is 1. The topological polar surface area (TPSA) is 65.1 Å². The van der Waals surface area contributed by atoms with Crippen LogP contribution in [0.3, 0.4) is 0 Å². The maximum atomic E-state index is 12.1. The molecule has 2 aromatic rings. The molecule has 0 spiro atoms. The minimum atomic E-state index is -0.360. The highest BCUT2D eigenvalue weighted by atomic mass is 16.6. The molecule has 1 unspecified atom stereocenters. The summed E-state index contributed by atoms with van der Waals surface area (Å²) in [5.41, 5.74) is 1.30. The molecule has 1 amide bonds. The van der Waals surface area contributed by atoms with Gasteiger partial charge in [0.2, 0.25) is 0 Å². The highest BCUT2D eigenvalue weighted by Crippen LogP contribution is 2.25. The molecule has 1 heterocycles. The van der Waals surface area contributed by atoms with E-state index in [-0.39, 0.29) is 18.2 Å². The molecule has 1 aliphatic heterocycles. The Labute approximate surface area is 152 Å². The van der Waals surface area contributed by atoms with Crippen LogP contribution in [0.15, 0.2) is 54.6 Å². The molecule has 0 radical (unpaired) electrons. The van der Waals surface area contributed by atoms with Gasteiger partial charge in [-0.2, -0.15) is 0 Å². The summed E-state index contributed by atoms with van der Waals surface area (Å²) in [7, 11) is 1.60. The summed E-state index contributed by atoms with van der Waals surface area (Å²) in [4.78, 5) is 25.5. The van der Waals surface area contributed by atoms with Crippen molar-refractivity contribution in [3.05, 3.63) is 60.2 Å². The minimum absolute atomic E-state index is 0.208. The lowest BCUT2D eigenvalue weighted by Crippen LogP contribution is -2.24. The van der Waals surface area contributed by atoms with E-state index in [2.05, 4.69) is 0 Å². The van der Waals surface area contributed by atoms with Gasteiger partial charge < -0.3 is 14.2 Å². The molecule has 1 fully saturated rings. The number of rotatable bonds is 7. The van der Waals surface area contributed by atoms with Crippen molar-refractivity contribution >= 4 is 17.7 Å². The van der Waals surface area contributed by atoms with Crippen molar-refractivity contribution in [2.45, 2.75) is 18.9 Å². The van der Waals surface area contributed by atoms with Crippen molar-refractivity contribution in [3.63, 3.8) is 0 Å². The smallest absolute Gasteiger partial charge is 0.414 e. The fraction of sp³-hybridized carbons (Fsp3) is 0.300. The van der Waals surface area contributed by atoms with E-state index >= 15 is 0 Å². The Kier molecular flexibility index (Phi) is 5.73.